The topological polar surface area (TPSA) is 18.5 Å². The Morgan fingerprint density at radius 1 is 0.864 bits per heavy atom. The van der Waals surface area contributed by atoms with Gasteiger partial charge >= 0.3 is 144 Å². The van der Waals surface area contributed by atoms with Crippen LogP contribution in [0.4, 0.5) is 0 Å². The Kier molecular flexibility index (Phi) is 13.1. The van der Waals surface area contributed by atoms with Gasteiger partial charge in [-0.25, -0.2) is 0 Å². The Morgan fingerprint density at radius 2 is 1.32 bits per heavy atom. The van der Waals surface area contributed by atoms with Gasteiger partial charge in [-0.05, 0) is 0 Å². The molecular weight excluding hydrogens is 379 g/mol. The van der Waals surface area contributed by atoms with Crippen molar-refractivity contribution in [1.82, 2.24) is 0 Å². The van der Waals surface area contributed by atoms with E-state index in [1.165, 1.54) is 51.8 Å². The Hall–Kier alpha value is 0.459. The first-order chi connectivity index (χ1) is 10.4. The van der Waals surface area contributed by atoms with Crippen molar-refractivity contribution in [2.75, 3.05) is 13.9 Å². The summed E-state index contributed by atoms with van der Waals surface area (Å²) in [5.41, 5.74) is -0.206. The van der Waals surface area contributed by atoms with E-state index < -0.39 is 18.4 Å². The second-order valence-corrected chi connectivity index (χ2v) is 20.2. The molecular formula is C19H40O2Sn. The average molecular weight is 419 g/mol. The molecule has 0 amide bonds. The molecule has 0 aromatic carbocycles. The molecule has 2 nitrogen and oxygen atoms in total. The first-order valence-corrected chi connectivity index (χ1v) is 17.0. The minimum atomic E-state index is -2.16. The van der Waals surface area contributed by atoms with E-state index in [1.54, 1.807) is 7.11 Å². The standard InChI is InChI=1S/C7H13O2.3C4H9.Sn/c1-5-7(2,3)9-6-8-4;3*1-3-4-2;/h1,5H,6H2,2-4H3;3*1,3-4H2,2H3;. The van der Waals surface area contributed by atoms with Crippen molar-refractivity contribution in [3.8, 4) is 0 Å². The summed E-state index contributed by atoms with van der Waals surface area (Å²) in [5.74, 6) is 0. The van der Waals surface area contributed by atoms with E-state index in [1.807, 2.05) is 0 Å². The molecule has 22 heavy (non-hydrogen) atoms. The number of ether oxygens (including phenoxy) is 2. The molecule has 0 bridgehead atoms. The number of hydrogen-bond donors (Lipinski definition) is 0. The number of methoxy groups -OCH3 is 1. The van der Waals surface area contributed by atoms with Gasteiger partial charge in [0.2, 0.25) is 0 Å². The molecule has 0 aliphatic rings. The van der Waals surface area contributed by atoms with E-state index in [0.717, 1.165) is 0 Å². The van der Waals surface area contributed by atoms with Gasteiger partial charge in [-0.3, -0.25) is 0 Å². The molecule has 0 aromatic heterocycles. The Balaban J connectivity index is 5.04. The van der Waals surface area contributed by atoms with Crippen LogP contribution < -0.4 is 0 Å². The molecule has 132 valence electrons. The van der Waals surface area contributed by atoms with Gasteiger partial charge in [0, 0.05) is 0 Å². The van der Waals surface area contributed by atoms with Crippen LogP contribution in [-0.4, -0.2) is 37.9 Å². The maximum absolute atomic E-state index is 5.81. The molecule has 0 heterocycles. The fraction of sp³-hybridized carbons (Fsp3) is 0.895. The van der Waals surface area contributed by atoms with Gasteiger partial charge < -0.3 is 0 Å². The van der Waals surface area contributed by atoms with Gasteiger partial charge in [0.05, 0.1) is 0 Å². The molecule has 0 saturated carbocycles. The summed E-state index contributed by atoms with van der Waals surface area (Å²) in [6, 6.07) is 0. The van der Waals surface area contributed by atoms with Crippen molar-refractivity contribution >= 4 is 18.4 Å². The van der Waals surface area contributed by atoms with Gasteiger partial charge in [0.1, 0.15) is 0 Å². The Labute approximate surface area is 143 Å². The van der Waals surface area contributed by atoms with Gasteiger partial charge in [-0.15, -0.1) is 0 Å². The molecule has 0 N–H and O–H groups in total. The van der Waals surface area contributed by atoms with Crippen LogP contribution in [0.1, 0.15) is 73.1 Å². The molecule has 3 heteroatoms. The van der Waals surface area contributed by atoms with Crippen LogP contribution in [0.3, 0.4) is 0 Å². The quantitative estimate of drug-likeness (QED) is 0.242. The second kappa shape index (κ2) is 12.8. The van der Waals surface area contributed by atoms with Crippen molar-refractivity contribution in [3.63, 3.8) is 0 Å². The van der Waals surface area contributed by atoms with Crippen molar-refractivity contribution in [1.29, 1.82) is 0 Å². The summed E-state index contributed by atoms with van der Waals surface area (Å²) < 4.78 is 18.1. The van der Waals surface area contributed by atoms with Crippen LogP contribution in [0.15, 0.2) is 10.2 Å². The predicted octanol–water partition coefficient (Wildman–Crippen LogP) is 6.33. The third kappa shape index (κ3) is 10.3. The van der Waals surface area contributed by atoms with Gasteiger partial charge in [0.25, 0.3) is 0 Å². The molecule has 0 unspecified atom stereocenters. The molecule has 0 fully saturated rings. The number of unbranched alkanes of at least 4 members (excludes halogenated alkanes) is 3. The summed E-state index contributed by atoms with van der Waals surface area (Å²) in [6.45, 7) is 11.7. The summed E-state index contributed by atoms with van der Waals surface area (Å²) in [4.78, 5) is 0. The third-order valence-electron chi connectivity index (χ3n) is 4.47. The zero-order chi connectivity index (χ0) is 16.9. The van der Waals surface area contributed by atoms with Crippen LogP contribution in [0.5, 0.6) is 0 Å². The zero-order valence-electron chi connectivity index (χ0n) is 16.0. The van der Waals surface area contributed by atoms with E-state index >= 15 is 0 Å². The van der Waals surface area contributed by atoms with Gasteiger partial charge in [0.15, 0.2) is 0 Å². The molecule has 0 saturated heterocycles. The molecule has 0 spiro atoms. The van der Waals surface area contributed by atoms with E-state index in [-0.39, 0.29) is 5.60 Å². The molecule has 0 aliphatic carbocycles. The SMILES string of the molecule is CCC[CH2][Sn](/[CH]=C/C(C)(C)OCOC)([CH2]CCC)[CH2]CCC. The Bertz CT molecular complexity index is 265. The van der Waals surface area contributed by atoms with E-state index in [2.05, 4.69) is 44.8 Å². The van der Waals surface area contributed by atoms with Crippen LogP contribution in [0.25, 0.3) is 0 Å². The fourth-order valence-electron chi connectivity index (χ4n) is 2.85. The first-order valence-electron chi connectivity index (χ1n) is 9.28. The maximum atomic E-state index is 5.81. The van der Waals surface area contributed by atoms with E-state index in [0.29, 0.717) is 6.79 Å². The molecule has 0 radical (unpaired) electrons. The number of hydrogen-bond acceptors (Lipinski definition) is 2. The van der Waals surface area contributed by atoms with E-state index in [9.17, 15) is 0 Å². The summed E-state index contributed by atoms with van der Waals surface area (Å²) >= 11 is -2.16. The molecule has 0 aliphatic heterocycles. The van der Waals surface area contributed by atoms with Crippen LogP contribution in [-0.2, 0) is 9.47 Å². The van der Waals surface area contributed by atoms with Gasteiger partial charge in [-0.1, -0.05) is 0 Å². The monoisotopic (exact) mass is 420 g/mol. The summed E-state index contributed by atoms with van der Waals surface area (Å²) in [7, 11) is 1.69. The van der Waals surface area contributed by atoms with Crippen LogP contribution >= 0.6 is 0 Å². The predicted molar refractivity (Wildman–Crippen MR) is 101 cm³/mol. The normalized spacial score (nSPS) is 13.2. The van der Waals surface area contributed by atoms with Gasteiger partial charge in [-0.2, -0.15) is 0 Å². The first kappa shape index (κ1) is 22.5. The van der Waals surface area contributed by atoms with Crippen molar-refractivity contribution < 1.29 is 9.47 Å². The Morgan fingerprint density at radius 3 is 1.68 bits per heavy atom. The van der Waals surface area contributed by atoms with Crippen LogP contribution in [0.2, 0.25) is 13.3 Å². The third-order valence-corrected chi connectivity index (χ3v) is 18.5. The zero-order valence-corrected chi connectivity index (χ0v) is 18.9. The van der Waals surface area contributed by atoms with Crippen molar-refractivity contribution in [2.45, 2.75) is 92.1 Å². The van der Waals surface area contributed by atoms with Crippen molar-refractivity contribution in [3.05, 3.63) is 10.2 Å². The minimum absolute atomic E-state index is 0.206. The molecule has 0 aromatic rings. The average Bonchev–Trinajstić information content (AvgIpc) is 2.52. The van der Waals surface area contributed by atoms with Crippen molar-refractivity contribution in [2.24, 2.45) is 0 Å². The molecule has 0 atom stereocenters. The molecule has 0 rings (SSSR count). The second-order valence-electron chi connectivity index (χ2n) is 7.16. The number of rotatable bonds is 14. The summed E-state index contributed by atoms with van der Waals surface area (Å²) in [6.07, 6.45) is 10.6. The fourth-order valence-corrected chi connectivity index (χ4v) is 17.6. The summed E-state index contributed by atoms with van der Waals surface area (Å²) in [5, 5.41) is 0. The van der Waals surface area contributed by atoms with E-state index in [4.69, 9.17) is 9.47 Å². The van der Waals surface area contributed by atoms with Crippen LogP contribution in [0, 0.1) is 0 Å².